The molecule has 6 nitrogen and oxygen atoms in total. The van der Waals surface area contributed by atoms with Gasteiger partial charge in [0.25, 0.3) is 5.91 Å². The first-order chi connectivity index (χ1) is 8.90. The SMILES string of the molecule is CC(C)CCCC(C)NC(=O)C1CC(C(=O)O)=NO1. The van der Waals surface area contributed by atoms with Crippen molar-refractivity contribution in [3.05, 3.63) is 0 Å². The molecule has 1 heterocycles. The van der Waals surface area contributed by atoms with Crippen molar-refractivity contribution in [2.24, 2.45) is 11.1 Å². The van der Waals surface area contributed by atoms with Gasteiger partial charge in [-0.3, -0.25) is 4.79 Å². The monoisotopic (exact) mass is 270 g/mol. The van der Waals surface area contributed by atoms with Gasteiger partial charge in [-0.15, -0.1) is 0 Å². The van der Waals surface area contributed by atoms with Crippen molar-refractivity contribution in [1.29, 1.82) is 0 Å². The van der Waals surface area contributed by atoms with Gasteiger partial charge < -0.3 is 15.3 Å². The van der Waals surface area contributed by atoms with Crippen molar-refractivity contribution in [2.45, 2.75) is 58.6 Å². The number of amides is 1. The van der Waals surface area contributed by atoms with E-state index in [9.17, 15) is 9.59 Å². The molecule has 0 bridgehead atoms. The van der Waals surface area contributed by atoms with Gasteiger partial charge in [0.2, 0.25) is 6.10 Å². The Bertz CT molecular complexity index is 366. The van der Waals surface area contributed by atoms with Gasteiger partial charge in [0, 0.05) is 12.5 Å². The zero-order chi connectivity index (χ0) is 14.4. The van der Waals surface area contributed by atoms with Crippen LogP contribution >= 0.6 is 0 Å². The minimum Gasteiger partial charge on any atom is -0.477 e. The van der Waals surface area contributed by atoms with Gasteiger partial charge >= 0.3 is 5.97 Å². The molecule has 0 spiro atoms. The first-order valence-electron chi connectivity index (χ1n) is 6.66. The van der Waals surface area contributed by atoms with Gasteiger partial charge in [-0.25, -0.2) is 4.79 Å². The summed E-state index contributed by atoms with van der Waals surface area (Å²) in [5.41, 5.74) is -0.104. The van der Waals surface area contributed by atoms with Crippen LogP contribution in [-0.4, -0.2) is 34.8 Å². The predicted octanol–water partition coefficient (Wildman–Crippen LogP) is 1.55. The minimum absolute atomic E-state index is 0.0277. The average molecular weight is 270 g/mol. The lowest BCUT2D eigenvalue weighted by molar-refractivity contribution is -0.132. The Morgan fingerprint density at radius 1 is 1.42 bits per heavy atom. The standard InChI is InChI=1S/C13H22N2O4/c1-8(2)5-4-6-9(3)14-12(16)11-7-10(13(17)18)15-19-11/h8-9,11H,4-7H2,1-3H3,(H,14,16)(H,17,18). The van der Waals surface area contributed by atoms with E-state index < -0.39 is 12.1 Å². The van der Waals surface area contributed by atoms with E-state index in [0.29, 0.717) is 5.92 Å². The highest BCUT2D eigenvalue weighted by molar-refractivity contribution is 6.36. The number of nitrogens with zero attached hydrogens (tertiary/aromatic N) is 1. The summed E-state index contributed by atoms with van der Waals surface area (Å²) in [5, 5.41) is 14.9. The van der Waals surface area contributed by atoms with Crippen LogP contribution in [0, 0.1) is 5.92 Å². The number of rotatable bonds is 7. The molecule has 108 valence electrons. The van der Waals surface area contributed by atoms with Crippen molar-refractivity contribution < 1.29 is 19.5 Å². The van der Waals surface area contributed by atoms with Crippen LogP contribution in [0.5, 0.6) is 0 Å². The summed E-state index contributed by atoms with van der Waals surface area (Å²) in [6, 6.07) is 0.0590. The van der Waals surface area contributed by atoms with E-state index in [-0.39, 0.29) is 24.1 Å². The molecule has 2 atom stereocenters. The normalized spacial score (nSPS) is 19.8. The van der Waals surface area contributed by atoms with E-state index in [2.05, 4.69) is 24.3 Å². The highest BCUT2D eigenvalue weighted by Crippen LogP contribution is 2.12. The molecule has 0 aliphatic carbocycles. The van der Waals surface area contributed by atoms with Gasteiger partial charge in [-0.1, -0.05) is 31.8 Å². The summed E-state index contributed by atoms with van der Waals surface area (Å²) in [6.07, 6.45) is 2.32. The highest BCUT2D eigenvalue weighted by Gasteiger charge is 2.31. The Morgan fingerprint density at radius 3 is 2.63 bits per heavy atom. The molecular formula is C13H22N2O4. The van der Waals surface area contributed by atoms with Gasteiger partial charge in [0.05, 0.1) is 0 Å². The topological polar surface area (TPSA) is 88.0 Å². The fourth-order valence-electron chi connectivity index (χ4n) is 1.88. The minimum atomic E-state index is -1.14. The number of carboxylic acids is 1. The Labute approximate surface area is 113 Å². The molecule has 6 heteroatoms. The van der Waals surface area contributed by atoms with E-state index in [1.807, 2.05) is 6.92 Å². The Hall–Kier alpha value is -1.59. The van der Waals surface area contributed by atoms with Crippen LogP contribution < -0.4 is 5.32 Å². The van der Waals surface area contributed by atoms with Crippen molar-refractivity contribution in [3.63, 3.8) is 0 Å². The molecule has 1 amide bonds. The molecule has 1 aliphatic heterocycles. The van der Waals surface area contributed by atoms with Crippen LogP contribution in [0.2, 0.25) is 0 Å². The molecule has 0 aromatic carbocycles. The number of hydrogen-bond donors (Lipinski definition) is 2. The third-order valence-corrected chi connectivity index (χ3v) is 3.02. The number of oxime groups is 1. The van der Waals surface area contributed by atoms with Crippen molar-refractivity contribution in [3.8, 4) is 0 Å². The largest absolute Gasteiger partial charge is 0.477 e. The summed E-state index contributed by atoms with van der Waals surface area (Å²) >= 11 is 0. The zero-order valence-corrected chi connectivity index (χ0v) is 11.7. The lowest BCUT2D eigenvalue weighted by atomic mass is 10.0. The van der Waals surface area contributed by atoms with Crippen LogP contribution in [0.4, 0.5) is 0 Å². The molecule has 19 heavy (non-hydrogen) atoms. The average Bonchev–Trinajstić information content (AvgIpc) is 2.77. The second kappa shape index (κ2) is 7.11. The van der Waals surface area contributed by atoms with Crippen LogP contribution in [0.1, 0.15) is 46.5 Å². The van der Waals surface area contributed by atoms with Crippen LogP contribution in [0.25, 0.3) is 0 Å². The second-order valence-electron chi connectivity index (χ2n) is 5.38. The van der Waals surface area contributed by atoms with Crippen LogP contribution in [-0.2, 0) is 14.4 Å². The number of hydrogen-bond acceptors (Lipinski definition) is 4. The van der Waals surface area contributed by atoms with Crippen LogP contribution in [0.3, 0.4) is 0 Å². The van der Waals surface area contributed by atoms with E-state index in [0.717, 1.165) is 19.3 Å². The Morgan fingerprint density at radius 2 is 2.11 bits per heavy atom. The third-order valence-electron chi connectivity index (χ3n) is 3.02. The summed E-state index contributed by atoms with van der Waals surface area (Å²) < 4.78 is 0. The maximum absolute atomic E-state index is 11.8. The molecule has 0 radical (unpaired) electrons. The number of nitrogens with one attached hydrogen (secondary N) is 1. The number of carbonyl (C=O) groups is 2. The summed E-state index contributed by atoms with van der Waals surface area (Å²) in [4.78, 5) is 27.3. The van der Waals surface area contributed by atoms with Gasteiger partial charge in [-0.05, 0) is 19.3 Å². The Kier molecular flexibility index (Phi) is 5.79. The van der Waals surface area contributed by atoms with E-state index in [1.165, 1.54) is 0 Å². The van der Waals surface area contributed by atoms with Crippen LogP contribution in [0.15, 0.2) is 5.16 Å². The quantitative estimate of drug-likeness (QED) is 0.734. The number of aliphatic carboxylic acids is 1. The second-order valence-corrected chi connectivity index (χ2v) is 5.38. The lowest BCUT2D eigenvalue weighted by Gasteiger charge is -2.16. The number of carboxylic acid groups (broad SMARTS) is 1. The van der Waals surface area contributed by atoms with Gasteiger partial charge in [0.15, 0.2) is 5.71 Å². The molecule has 2 N–H and O–H groups in total. The molecular weight excluding hydrogens is 248 g/mol. The molecule has 0 aromatic heterocycles. The molecule has 0 saturated heterocycles. The zero-order valence-electron chi connectivity index (χ0n) is 11.7. The molecule has 1 rings (SSSR count). The lowest BCUT2D eigenvalue weighted by Crippen LogP contribution is -2.40. The van der Waals surface area contributed by atoms with Gasteiger partial charge in [-0.2, -0.15) is 0 Å². The molecule has 2 unspecified atom stereocenters. The van der Waals surface area contributed by atoms with Crippen molar-refractivity contribution in [1.82, 2.24) is 5.32 Å². The summed E-state index contributed by atoms with van der Waals surface area (Å²) in [6.45, 7) is 6.27. The molecule has 1 aliphatic rings. The predicted molar refractivity (Wildman–Crippen MR) is 70.9 cm³/mol. The fraction of sp³-hybridized carbons (Fsp3) is 0.769. The summed E-state index contributed by atoms with van der Waals surface area (Å²) in [7, 11) is 0. The molecule has 0 fully saturated rings. The van der Waals surface area contributed by atoms with Crippen molar-refractivity contribution >= 4 is 17.6 Å². The smallest absolute Gasteiger partial charge is 0.353 e. The summed E-state index contributed by atoms with van der Waals surface area (Å²) in [5.74, 6) is -0.773. The van der Waals surface area contributed by atoms with Crippen molar-refractivity contribution in [2.75, 3.05) is 0 Å². The molecule has 0 aromatic rings. The van der Waals surface area contributed by atoms with Gasteiger partial charge in [0.1, 0.15) is 0 Å². The van der Waals surface area contributed by atoms with E-state index in [4.69, 9.17) is 9.94 Å². The first-order valence-corrected chi connectivity index (χ1v) is 6.66. The maximum atomic E-state index is 11.8. The fourth-order valence-corrected chi connectivity index (χ4v) is 1.88. The highest BCUT2D eigenvalue weighted by atomic mass is 16.6. The van der Waals surface area contributed by atoms with E-state index in [1.54, 1.807) is 0 Å². The Balaban J connectivity index is 2.26. The first kappa shape index (κ1) is 15.5. The maximum Gasteiger partial charge on any atom is 0.353 e. The number of carbonyl (C=O) groups excluding carboxylic acids is 1. The van der Waals surface area contributed by atoms with E-state index >= 15 is 0 Å². The third kappa shape index (κ3) is 5.28. The molecule has 0 saturated carbocycles.